The Labute approximate surface area is 187 Å². The first-order valence-corrected chi connectivity index (χ1v) is 10.6. The number of aryl methyl sites for hydroxylation is 1. The van der Waals surface area contributed by atoms with Crippen LogP contribution < -0.4 is 19.7 Å². The third kappa shape index (κ3) is 6.07. The molecule has 0 radical (unpaired) electrons. The molecule has 0 bridgehead atoms. The molecular weight excluding hydrogens is 412 g/mol. The molecule has 170 valence electrons. The molecule has 2 amide bonds. The number of benzene rings is 2. The number of carbonyl (C=O) groups is 3. The van der Waals surface area contributed by atoms with Gasteiger partial charge in [-0.25, -0.2) is 0 Å². The number of anilines is 1. The SMILES string of the molecule is CCc1ccc(OCC(=O)c2ccc3c(c2)N(CC(=O)NCCCOC)C(=O)CO3)cc1. The second-order valence-corrected chi connectivity index (χ2v) is 7.36. The zero-order valence-electron chi connectivity index (χ0n) is 18.4. The molecule has 2 aromatic rings. The van der Waals surface area contributed by atoms with Gasteiger partial charge in [-0.2, -0.15) is 0 Å². The van der Waals surface area contributed by atoms with Crippen molar-refractivity contribution in [2.75, 3.05) is 44.9 Å². The largest absolute Gasteiger partial charge is 0.485 e. The molecule has 0 aromatic heterocycles. The van der Waals surface area contributed by atoms with Gasteiger partial charge < -0.3 is 19.5 Å². The molecule has 1 aliphatic heterocycles. The highest BCUT2D eigenvalue weighted by atomic mass is 16.5. The first kappa shape index (κ1) is 23.3. The second kappa shape index (κ2) is 11.3. The number of ketones is 1. The molecule has 1 heterocycles. The average molecular weight is 440 g/mol. The topological polar surface area (TPSA) is 94.2 Å². The van der Waals surface area contributed by atoms with Gasteiger partial charge in [-0.3, -0.25) is 19.3 Å². The van der Waals surface area contributed by atoms with Crippen LogP contribution in [-0.2, 0) is 20.7 Å². The lowest BCUT2D eigenvalue weighted by molar-refractivity contribution is -0.125. The molecule has 32 heavy (non-hydrogen) atoms. The zero-order chi connectivity index (χ0) is 22.9. The van der Waals surface area contributed by atoms with Gasteiger partial charge >= 0.3 is 0 Å². The number of amides is 2. The number of nitrogens with zero attached hydrogens (tertiary/aromatic N) is 1. The summed E-state index contributed by atoms with van der Waals surface area (Å²) in [6, 6.07) is 12.4. The molecule has 0 saturated heterocycles. The lowest BCUT2D eigenvalue weighted by Crippen LogP contribution is -2.45. The van der Waals surface area contributed by atoms with E-state index in [-0.39, 0.29) is 37.4 Å². The minimum Gasteiger partial charge on any atom is -0.485 e. The summed E-state index contributed by atoms with van der Waals surface area (Å²) < 4.78 is 16.0. The predicted molar refractivity (Wildman–Crippen MR) is 119 cm³/mol. The number of Topliss-reactive ketones (excluding diaryl/α,β-unsaturated/α-hetero) is 1. The van der Waals surface area contributed by atoms with Gasteiger partial charge in [0.2, 0.25) is 5.91 Å². The van der Waals surface area contributed by atoms with Crippen molar-refractivity contribution in [3.8, 4) is 11.5 Å². The van der Waals surface area contributed by atoms with Crippen molar-refractivity contribution < 1.29 is 28.6 Å². The fraction of sp³-hybridized carbons (Fsp3) is 0.375. The summed E-state index contributed by atoms with van der Waals surface area (Å²) in [4.78, 5) is 38.7. The van der Waals surface area contributed by atoms with Crippen LogP contribution in [0.1, 0.15) is 29.3 Å². The van der Waals surface area contributed by atoms with Crippen LogP contribution in [0.25, 0.3) is 0 Å². The number of ether oxygens (including phenoxy) is 3. The molecule has 3 rings (SSSR count). The monoisotopic (exact) mass is 440 g/mol. The quantitative estimate of drug-likeness (QED) is 0.426. The molecule has 1 aliphatic rings. The molecule has 8 nitrogen and oxygen atoms in total. The molecule has 0 spiro atoms. The van der Waals surface area contributed by atoms with Crippen LogP contribution >= 0.6 is 0 Å². The summed E-state index contributed by atoms with van der Waals surface area (Å²) in [6.07, 6.45) is 1.60. The van der Waals surface area contributed by atoms with Crippen molar-refractivity contribution in [1.29, 1.82) is 0 Å². The lowest BCUT2D eigenvalue weighted by atomic mass is 10.1. The van der Waals surface area contributed by atoms with E-state index < -0.39 is 0 Å². The van der Waals surface area contributed by atoms with Crippen molar-refractivity contribution in [1.82, 2.24) is 5.32 Å². The summed E-state index contributed by atoms with van der Waals surface area (Å²) in [5.41, 5.74) is 1.95. The van der Waals surface area contributed by atoms with E-state index in [4.69, 9.17) is 14.2 Å². The Morgan fingerprint density at radius 2 is 1.94 bits per heavy atom. The maximum Gasteiger partial charge on any atom is 0.265 e. The number of carbonyl (C=O) groups excluding carboxylic acids is 3. The van der Waals surface area contributed by atoms with Crippen molar-refractivity contribution in [3.63, 3.8) is 0 Å². The average Bonchev–Trinajstić information content (AvgIpc) is 2.82. The fourth-order valence-electron chi connectivity index (χ4n) is 3.25. The highest BCUT2D eigenvalue weighted by Gasteiger charge is 2.28. The number of fused-ring (bicyclic) bond motifs is 1. The second-order valence-electron chi connectivity index (χ2n) is 7.36. The van der Waals surface area contributed by atoms with Crippen LogP contribution in [0.2, 0.25) is 0 Å². The Hall–Kier alpha value is -3.39. The molecule has 1 N–H and O–H groups in total. The Balaban J connectivity index is 1.66. The zero-order valence-corrected chi connectivity index (χ0v) is 18.4. The van der Waals surface area contributed by atoms with E-state index in [1.165, 1.54) is 10.5 Å². The highest BCUT2D eigenvalue weighted by Crippen LogP contribution is 2.33. The van der Waals surface area contributed by atoms with Crippen LogP contribution in [-0.4, -0.2) is 57.6 Å². The minimum absolute atomic E-state index is 0.140. The third-order valence-corrected chi connectivity index (χ3v) is 5.07. The summed E-state index contributed by atoms with van der Waals surface area (Å²) in [6.45, 7) is 2.61. The first-order chi connectivity index (χ1) is 15.5. The highest BCUT2D eigenvalue weighted by molar-refractivity contribution is 6.04. The smallest absolute Gasteiger partial charge is 0.265 e. The fourth-order valence-corrected chi connectivity index (χ4v) is 3.25. The van der Waals surface area contributed by atoms with Crippen LogP contribution in [0, 0.1) is 0 Å². The van der Waals surface area contributed by atoms with Gasteiger partial charge in [0, 0.05) is 25.8 Å². The van der Waals surface area contributed by atoms with Crippen LogP contribution in [0.3, 0.4) is 0 Å². The van der Waals surface area contributed by atoms with Crippen LogP contribution in [0.15, 0.2) is 42.5 Å². The number of nitrogens with one attached hydrogen (secondary N) is 1. The number of rotatable bonds is 11. The predicted octanol–water partition coefficient (Wildman–Crippen LogP) is 2.39. The molecule has 0 saturated carbocycles. The van der Waals surface area contributed by atoms with Gasteiger partial charge in [0.25, 0.3) is 5.91 Å². The van der Waals surface area contributed by atoms with Gasteiger partial charge in [0.15, 0.2) is 19.0 Å². The molecule has 8 heteroatoms. The van der Waals surface area contributed by atoms with E-state index in [2.05, 4.69) is 12.2 Å². The van der Waals surface area contributed by atoms with Crippen molar-refractivity contribution in [2.24, 2.45) is 0 Å². The van der Waals surface area contributed by atoms with Crippen molar-refractivity contribution in [2.45, 2.75) is 19.8 Å². The maximum atomic E-state index is 12.7. The molecule has 2 aromatic carbocycles. The van der Waals surface area contributed by atoms with E-state index in [1.807, 2.05) is 24.3 Å². The van der Waals surface area contributed by atoms with E-state index in [9.17, 15) is 14.4 Å². The Morgan fingerprint density at radius 1 is 1.16 bits per heavy atom. The lowest BCUT2D eigenvalue weighted by Gasteiger charge is -2.29. The van der Waals surface area contributed by atoms with E-state index in [0.717, 1.165) is 6.42 Å². The summed E-state index contributed by atoms with van der Waals surface area (Å²) in [7, 11) is 1.59. The van der Waals surface area contributed by atoms with E-state index >= 15 is 0 Å². The van der Waals surface area contributed by atoms with Crippen LogP contribution in [0.4, 0.5) is 5.69 Å². The first-order valence-electron chi connectivity index (χ1n) is 10.6. The number of hydrogen-bond acceptors (Lipinski definition) is 6. The van der Waals surface area contributed by atoms with Crippen molar-refractivity contribution >= 4 is 23.3 Å². The third-order valence-electron chi connectivity index (χ3n) is 5.07. The molecular formula is C24H28N2O6. The number of hydrogen-bond donors (Lipinski definition) is 1. The van der Waals surface area contributed by atoms with Gasteiger partial charge in [0.05, 0.1) is 5.69 Å². The molecule has 0 aliphatic carbocycles. The number of methoxy groups -OCH3 is 1. The molecule has 0 atom stereocenters. The Bertz CT molecular complexity index is 957. The van der Waals surface area contributed by atoms with E-state index in [0.29, 0.717) is 42.3 Å². The van der Waals surface area contributed by atoms with Gasteiger partial charge in [0.1, 0.15) is 18.0 Å². The van der Waals surface area contributed by atoms with Crippen molar-refractivity contribution in [3.05, 3.63) is 53.6 Å². The summed E-state index contributed by atoms with van der Waals surface area (Å²) in [5.74, 6) is 0.178. The van der Waals surface area contributed by atoms with Gasteiger partial charge in [-0.15, -0.1) is 0 Å². The Kier molecular flexibility index (Phi) is 8.21. The minimum atomic E-state index is -0.346. The normalized spacial score (nSPS) is 12.7. The molecule has 0 fully saturated rings. The summed E-state index contributed by atoms with van der Waals surface area (Å²) >= 11 is 0. The van der Waals surface area contributed by atoms with Gasteiger partial charge in [-0.1, -0.05) is 19.1 Å². The van der Waals surface area contributed by atoms with Gasteiger partial charge in [-0.05, 0) is 48.7 Å². The van der Waals surface area contributed by atoms with E-state index in [1.54, 1.807) is 25.3 Å². The Morgan fingerprint density at radius 3 is 2.66 bits per heavy atom. The molecule has 0 unspecified atom stereocenters. The van der Waals surface area contributed by atoms with Crippen LogP contribution in [0.5, 0.6) is 11.5 Å². The standard InChI is InChI=1S/C24H28N2O6/c1-3-17-5-8-19(9-6-17)31-15-21(27)18-7-10-22-20(13-18)26(24(29)16-32-22)14-23(28)25-11-4-12-30-2/h5-10,13H,3-4,11-12,14-16H2,1-2H3,(H,25,28). The maximum absolute atomic E-state index is 12.7. The summed E-state index contributed by atoms with van der Waals surface area (Å²) in [5, 5.41) is 2.76.